The van der Waals surface area contributed by atoms with Gasteiger partial charge in [-0.05, 0) is 30.2 Å². The Morgan fingerprint density at radius 2 is 1.52 bits per heavy atom. The third kappa shape index (κ3) is 4.49. The maximum atomic E-state index is 12.9. The van der Waals surface area contributed by atoms with Crippen molar-refractivity contribution in [2.75, 3.05) is 26.2 Å². The van der Waals surface area contributed by atoms with Crippen LogP contribution in [0.15, 0.2) is 54.6 Å². The van der Waals surface area contributed by atoms with Gasteiger partial charge in [-0.15, -0.1) is 0 Å². The van der Waals surface area contributed by atoms with Gasteiger partial charge in [0.1, 0.15) is 5.54 Å². The molecule has 0 aromatic heterocycles. The number of nitrogens with two attached hydrogens (primary N) is 1. The van der Waals surface area contributed by atoms with Crippen molar-refractivity contribution in [1.29, 1.82) is 0 Å². The molecule has 1 aliphatic heterocycles. The first-order chi connectivity index (χ1) is 12.9. The van der Waals surface area contributed by atoms with Gasteiger partial charge in [0.2, 0.25) is 11.8 Å². The summed E-state index contributed by atoms with van der Waals surface area (Å²) in [5.41, 5.74) is 6.99. The standard InChI is InChI=1S/C21H24ClN3O2/c1-21(23,17-5-3-2-4-6-17)20(27)25-13-11-24(12-14-25)19(26)15-16-7-9-18(22)10-8-16/h2-10H,11-15,23H2,1H3. The largest absolute Gasteiger partial charge is 0.339 e. The molecule has 27 heavy (non-hydrogen) atoms. The van der Waals surface area contributed by atoms with E-state index in [9.17, 15) is 9.59 Å². The van der Waals surface area contributed by atoms with E-state index in [0.717, 1.165) is 11.1 Å². The second kappa shape index (κ2) is 8.11. The van der Waals surface area contributed by atoms with Crippen LogP contribution in [0.4, 0.5) is 0 Å². The molecule has 1 unspecified atom stereocenters. The molecule has 0 radical (unpaired) electrons. The minimum atomic E-state index is -1.07. The van der Waals surface area contributed by atoms with E-state index in [1.807, 2.05) is 42.5 Å². The van der Waals surface area contributed by atoms with Gasteiger partial charge in [0.05, 0.1) is 6.42 Å². The van der Waals surface area contributed by atoms with E-state index < -0.39 is 5.54 Å². The molecule has 6 heteroatoms. The molecule has 0 bridgehead atoms. The van der Waals surface area contributed by atoms with Gasteiger partial charge in [0, 0.05) is 31.2 Å². The number of piperazine rings is 1. The van der Waals surface area contributed by atoms with Crippen molar-refractivity contribution in [3.05, 3.63) is 70.7 Å². The van der Waals surface area contributed by atoms with E-state index >= 15 is 0 Å². The summed E-state index contributed by atoms with van der Waals surface area (Å²) in [6, 6.07) is 16.7. The highest BCUT2D eigenvalue weighted by Gasteiger charge is 2.36. The zero-order valence-electron chi connectivity index (χ0n) is 15.4. The number of hydrogen-bond donors (Lipinski definition) is 1. The Labute approximate surface area is 164 Å². The average Bonchev–Trinajstić information content (AvgIpc) is 2.70. The van der Waals surface area contributed by atoms with Gasteiger partial charge >= 0.3 is 0 Å². The van der Waals surface area contributed by atoms with E-state index in [0.29, 0.717) is 37.6 Å². The molecule has 0 spiro atoms. The second-order valence-electron chi connectivity index (χ2n) is 7.04. The Balaban J connectivity index is 1.57. The molecule has 0 saturated carbocycles. The fourth-order valence-electron chi connectivity index (χ4n) is 3.28. The lowest BCUT2D eigenvalue weighted by atomic mass is 9.91. The molecular formula is C21H24ClN3O2. The first kappa shape index (κ1) is 19.4. The van der Waals surface area contributed by atoms with Crippen LogP contribution in [0.2, 0.25) is 5.02 Å². The topological polar surface area (TPSA) is 66.6 Å². The van der Waals surface area contributed by atoms with Crippen LogP contribution >= 0.6 is 11.6 Å². The van der Waals surface area contributed by atoms with Gasteiger partial charge in [-0.1, -0.05) is 54.1 Å². The number of carbonyl (C=O) groups excluding carboxylic acids is 2. The molecule has 3 rings (SSSR count). The summed E-state index contributed by atoms with van der Waals surface area (Å²) in [4.78, 5) is 29.0. The van der Waals surface area contributed by atoms with E-state index in [1.54, 1.807) is 28.9 Å². The number of rotatable bonds is 4. The molecule has 2 aromatic rings. The maximum absolute atomic E-state index is 12.9. The third-order valence-electron chi connectivity index (χ3n) is 5.01. The lowest BCUT2D eigenvalue weighted by Crippen LogP contribution is -2.57. The number of carbonyl (C=O) groups is 2. The maximum Gasteiger partial charge on any atom is 0.247 e. The summed E-state index contributed by atoms with van der Waals surface area (Å²) in [5.74, 6) is -0.0542. The van der Waals surface area contributed by atoms with Gasteiger partial charge in [0.15, 0.2) is 0 Å². The van der Waals surface area contributed by atoms with Gasteiger partial charge in [-0.25, -0.2) is 0 Å². The number of nitrogens with zero attached hydrogens (tertiary/aromatic N) is 2. The van der Waals surface area contributed by atoms with E-state index in [4.69, 9.17) is 17.3 Å². The molecule has 1 heterocycles. The summed E-state index contributed by atoms with van der Waals surface area (Å²) >= 11 is 5.88. The Bertz CT molecular complexity index is 798. The van der Waals surface area contributed by atoms with Crippen LogP contribution in [-0.4, -0.2) is 47.8 Å². The van der Waals surface area contributed by atoms with E-state index in [1.165, 1.54) is 0 Å². The smallest absolute Gasteiger partial charge is 0.247 e. The molecule has 142 valence electrons. The van der Waals surface area contributed by atoms with Crippen molar-refractivity contribution in [3.8, 4) is 0 Å². The third-order valence-corrected chi connectivity index (χ3v) is 5.26. The van der Waals surface area contributed by atoms with E-state index in [-0.39, 0.29) is 11.8 Å². The molecule has 2 aromatic carbocycles. The lowest BCUT2D eigenvalue weighted by Gasteiger charge is -2.38. The van der Waals surface area contributed by atoms with Crippen molar-refractivity contribution in [3.63, 3.8) is 0 Å². The molecule has 1 aliphatic rings. The fraction of sp³-hybridized carbons (Fsp3) is 0.333. The molecular weight excluding hydrogens is 362 g/mol. The molecule has 2 amide bonds. The summed E-state index contributed by atoms with van der Waals surface area (Å²) < 4.78 is 0. The summed E-state index contributed by atoms with van der Waals surface area (Å²) in [7, 11) is 0. The first-order valence-electron chi connectivity index (χ1n) is 9.04. The highest BCUT2D eigenvalue weighted by molar-refractivity contribution is 6.30. The highest BCUT2D eigenvalue weighted by Crippen LogP contribution is 2.21. The van der Waals surface area contributed by atoms with Crippen LogP contribution < -0.4 is 5.73 Å². The van der Waals surface area contributed by atoms with Crippen molar-refractivity contribution < 1.29 is 9.59 Å². The minimum Gasteiger partial charge on any atom is -0.339 e. The summed E-state index contributed by atoms with van der Waals surface area (Å²) in [6.45, 7) is 3.75. The Morgan fingerprint density at radius 3 is 2.11 bits per heavy atom. The molecule has 0 aliphatic carbocycles. The van der Waals surface area contributed by atoms with Crippen molar-refractivity contribution in [2.45, 2.75) is 18.9 Å². The predicted molar refractivity (Wildman–Crippen MR) is 106 cm³/mol. The molecule has 1 saturated heterocycles. The zero-order valence-corrected chi connectivity index (χ0v) is 16.2. The second-order valence-corrected chi connectivity index (χ2v) is 7.48. The predicted octanol–water partition coefficient (Wildman–Crippen LogP) is 2.43. The number of benzene rings is 2. The Kier molecular flexibility index (Phi) is 5.82. The Morgan fingerprint density at radius 1 is 0.963 bits per heavy atom. The quantitative estimate of drug-likeness (QED) is 0.878. The molecule has 2 N–H and O–H groups in total. The normalized spacial score (nSPS) is 16.7. The van der Waals surface area contributed by atoms with Gasteiger partial charge in [-0.2, -0.15) is 0 Å². The van der Waals surface area contributed by atoms with Gasteiger partial charge < -0.3 is 15.5 Å². The first-order valence-corrected chi connectivity index (χ1v) is 9.42. The lowest BCUT2D eigenvalue weighted by molar-refractivity contribution is -0.142. The van der Waals surface area contributed by atoms with Gasteiger partial charge in [-0.3, -0.25) is 9.59 Å². The molecule has 5 nitrogen and oxygen atoms in total. The SMILES string of the molecule is CC(N)(C(=O)N1CCN(C(=O)Cc2ccc(Cl)cc2)CC1)c1ccccc1. The van der Waals surface area contributed by atoms with Crippen molar-refractivity contribution >= 4 is 23.4 Å². The van der Waals surface area contributed by atoms with Crippen molar-refractivity contribution in [2.24, 2.45) is 5.73 Å². The number of hydrogen-bond acceptors (Lipinski definition) is 3. The van der Waals surface area contributed by atoms with E-state index in [2.05, 4.69) is 0 Å². The summed E-state index contributed by atoms with van der Waals surface area (Å²) in [6.07, 6.45) is 0.337. The van der Waals surface area contributed by atoms with Crippen molar-refractivity contribution in [1.82, 2.24) is 9.80 Å². The van der Waals surface area contributed by atoms with Gasteiger partial charge in [0.25, 0.3) is 0 Å². The van der Waals surface area contributed by atoms with Crippen LogP contribution in [0, 0.1) is 0 Å². The monoisotopic (exact) mass is 385 g/mol. The van der Waals surface area contributed by atoms with Crippen LogP contribution in [0.1, 0.15) is 18.1 Å². The Hall–Kier alpha value is -2.37. The average molecular weight is 386 g/mol. The molecule has 1 atom stereocenters. The zero-order chi connectivity index (χ0) is 19.4. The number of halogens is 1. The minimum absolute atomic E-state index is 0.0583. The highest BCUT2D eigenvalue weighted by atomic mass is 35.5. The summed E-state index contributed by atoms with van der Waals surface area (Å²) in [5, 5.41) is 0.654. The van der Waals surface area contributed by atoms with Crippen LogP contribution in [0.25, 0.3) is 0 Å². The van der Waals surface area contributed by atoms with Crippen LogP contribution in [-0.2, 0) is 21.5 Å². The molecule has 1 fully saturated rings. The fourth-order valence-corrected chi connectivity index (χ4v) is 3.41. The van der Waals surface area contributed by atoms with Crippen LogP contribution in [0.5, 0.6) is 0 Å². The number of amides is 2. The van der Waals surface area contributed by atoms with Crippen LogP contribution in [0.3, 0.4) is 0 Å².